The molecule has 2 aromatic rings. The van der Waals surface area contributed by atoms with Gasteiger partial charge in [0.2, 0.25) is 0 Å². The van der Waals surface area contributed by atoms with E-state index in [0.717, 1.165) is 17.7 Å². The van der Waals surface area contributed by atoms with Crippen molar-refractivity contribution in [2.75, 3.05) is 0 Å². The normalized spacial score (nSPS) is 13.8. The van der Waals surface area contributed by atoms with Gasteiger partial charge in [-0.15, -0.1) is 0 Å². The number of hydrogen-bond acceptors (Lipinski definition) is 4. The Bertz CT molecular complexity index is 801. The number of ketones is 1. The Morgan fingerprint density at radius 3 is 2.86 bits per heavy atom. The molecule has 0 saturated carbocycles. The summed E-state index contributed by atoms with van der Waals surface area (Å²) in [4.78, 5) is 38.7. The maximum Gasteiger partial charge on any atom is 0.261 e. The van der Waals surface area contributed by atoms with Gasteiger partial charge in [-0.3, -0.25) is 14.4 Å². The van der Waals surface area contributed by atoms with Crippen molar-refractivity contribution in [3.63, 3.8) is 0 Å². The summed E-state index contributed by atoms with van der Waals surface area (Å²) < 4.78 is 5.15. The number of aromatic nitrogens is 1. The van der Waals surface area contributed by atoms with Crippen LogP contribution in [0.4, 0.5) is 0 Å². The fraction of sp³-hybridized carbons (Fsp3) is 0.312. The van der Waals surface area contributed by atoms with Crippen LogP contribution >= 0.6 is 0 Å². The molecule has 1 amide bonds. The van der Waals surface area contributed by atoms with E-state index >= 15 is 0 Å². The van der Waals surface area contributed by atoms with Gasteiger partial charge in [0.25, 0.3) is 11.5 Å². The molecule has 22 heavy (non-hydrogen) atoms. The summed E-state index contributed by atoms with van der Waals surface area (Å²) >= 11 is 0. The van der Waals surface area contributed by atoms with E-state index in [0.29, 0.717) is 24.1 Å². The number of carbonyl (C=O) groups is 2. The van der Waals surface area contributed by atoms with Crippen LogP contribution in [0.5, 0.6) is 0 Å². The molecule has 0 aromatic carbocycles. The fourth-order valence-electron chi connectivity index (χ4n) is 2.61. The zero-order chi connectivity index (χ0) is 15.7. The molecular weight excluding hydrogens is 284 g/mol. The van der Waals surface area contributed by atoms with Gasteiger partial charge in [0.05, 0.1) is 6.26 Å². The summed E-state index contributed by atoms with van der Waals surface area (Å²) in [6, 6.07) is 3.21. The molecule has 0 radical (unpaired) electrons. The Hall–Kier alpha value is -2.63. The Kier molecular flexibility index (Phi) is 3.66. The van der Waals surface area contributed by atoms with Gasteiger partial charge in [0.1, 0.15) is 11.3 Å². The summed E-state index contributed by atoms with van der Waals surface area (Å²) in [5.41, 5.74) is 1.40. The second-order valence-corrected chi connectivity index (χ2v) is 5.43. The van der Waals surface area contributed by atoms with Crippen LogP contribution in [0, 0.1) is 6.92 Å². The minimum absolute atomic E-state index is 0.0305. The Labute approximate surface area is 126 Å². The van der Waals surface area contributed by atoms with Crippen LogP contribution in [0.25, 0.3) is 0 Å². The number of amides is 1. The van der Waals surface area contributed by atoms with E-state index in [1.807, 2.05) is 6.92 Å². The number of aryl methyl sites for hydroxylation is 2. The number of Topliss-reactive ketones (excluding diaryl/α,β-unsaturated/α-hetero) is 1. The number of nitrogens with one attached hydrogen (secondary N) is 2. The molecule has 3 rings (SSSR count). The van der Waals surface area contributed by atoms with E-state index in [-0.39, 0.29) is 17.9 Å². The van der Waals surface area contributed by atoms with Gasteiger partial charge in [-0.05, 0) is 31.9 Å². The first kappa shape index (κ1) is 14.3. The van der Waals surface area contributed by atoms with Crippen molar-refractivity contribution >= 4 is 11.7 Å². The lowest BCUT2D eigenvalue weighted by Crippen LogP contribution is -2.31. The third-order valence-electron chi connectivity index (χ3n) is 3.74. The predicted molar refractivity (Wildman–Crippen MR) is 78.9 cm³/mol. The SMILES string of the molecule is Cc1cc(CNC(=O)c2cc3c([nH]c2=O)CCCC3=O)co1. The molecule has 6 nitrogen and oxygen atoms in total. The minimum atomic E-state index is -0.499. The summed E-state index contributed by atoms with van der Waals surface area (Å²) in [6.45, 7) is 2.08. The molecule has 2 heterocycles. The predicted octanol–water partition coefficient (Wildman–Crippen LogP) is 1.73. The molecule has 114 valence electrons. The standard InChI is InChI=1S/C16H16N2O4/c1-9-5-10(8-22-9)7-17-15(20)12-6-11-13(18-16(12)21)3-2-4-14(11)19/h5-6,8H,2-4,7H2,1H3,(H,17,20)(H,18,21). The smallest absolute Gasteiger partial charge is 0.261 e. The highest BCUT2D eigenvalue weighted by atomic mass is 16.3. The van der Waals surface area contributed by atoms with Crippen LogP contribution in [-0.2, 0) is 13.0 Å². The minimum Gasteiger partial charge on any atom is -0.469 e. The quantitative estimate of drug-likeness (QED) is 0.902. The number of pyridine rings is 1. The maximum absolute atomic E-state index is 12.2. The van der Waals surface area contributed by atoms with Crippen molar-refractivity contribution in [2.45, 2.75) is 32.7 Å². The third kappa shape index (κ3) is 2.72. The van der Waals surface area contributed by atoms with E-state index in [4.69, 9.17) is 4.42 Å². The summed E-state index contributed by atoms with van der Waals surface area (Å²) in [5.74, 6) is 0.222. The van der Waals surface area contributed by atoms with E-state index in [9.17, 15) is 14.4 Å². The molecular formula is C16H16N2O4. The lowest BCUT2D eigenvalue weighted by molar-refractivity contribution is 0.0949. The monoisotopic (exact) mass is 300 g/mol. The molecule has 0 bridgehead atoms. The third-order valence-corrected chi connectivity index (χ3v) is 3.74. The molecule has 0 atom stereocenters. The van der Waals surface area contributed by atoms with E-state index in [1.165, 1.54) is 6.07 Å². The maximum atomic E-state index is 12.2. The van der Waals surface area contributed by atoms with Crippen LogP contribution in [0.3, 0.4) is 0 Å². The lowest BCUT2D eigenvalue weighted by Gasteiger charge is -2.14. The molecule has 0 unspecified atom stereocenters. The highest BCUT2D eigenvalue weighted by Crippen LogP contribution is 2.18. The van der Waals surface area contributed by atoms with Gasteiger partial charge in [-0.1, -0.05) is 0 Å². The number of rotatable bonds is 3. The molecule has 0 fully saturated rings. The second-order valence-electron chi connectivity index (χ2n) is 5.43. The van der Waals surface area contributed by atoms with E-state index in [2.05, 4.69) is 10.3 Å². The summed E-state index contributed by atoms with van der Waals surface area (Å²) in [6.07, 6.45) is 3.39. The topological polar surface area (TPSA) is 92.2 Å². The number of furan rings is 1. The van der Waals surface area contributed by atoms with Crippen molar-refractivity contribution in [2.24, 2.45) is 0 Å². The van der Waals surface area contributed by atoms with Gasteiger partial charge in [-0.25, -0.2) is 0 Å². The molecule has 6 heteroatoms. The Morgan fingerprint density at radius 1 is 1.32 bits per heavy atom. The number of carbonyl (C=O) groups excluding carboxylic acids is 2. The van der Waals surface area contributed by atoms with Gasteiger partial charge < -0.3 is 14.7 Å². The Morgan fingerprint density at radius 2 is 2.14 bits per heavy atom. The van der Waals surface area contributed by atoms with Crippen LogP contribution in [-0.4, -0.2) is 16.7 Å². The van der Waals surface area contributed by atoms with Gasteiger partial charge in [-0.2, -0.15) is 0 Å². The molecule has 1 aliphatic rings. The van der Waals surface area contributed by atoms with E-state index in [1.54, 1.807) is 12.3 Å². The highest BCUT2D eigenvalue weighted by molar-refractivity contribution is 6.01. The van der Waals surface area contributed by atoms with Crippen molar-refractivity contribution in [3.8, 4) is 0 Å². The van der Waals surface area contributed by atoms with Crippen molar-refractivity contribution in [3.05, 3.63) is 56.9 Å². The van der Waals surface area contributed by atoms with Crippen molar-refractivity contribution in [1.29, 1.82) is 0 Å². The molecule has 1 aliphatic carbocycles. The van der Waals surface area contributed by atoms with Crippen LogP contribution < -0.4 is 10.9 Å². The molecule has 0 spiro atoms. The fourth-order valence-corrected chi connectivity index (χ4v) is 2.61. The average Bonchev–Trinajstić information content (AvgIpc) is 2.90. The highest BCUT2D eigenvalue weighted by Gasteiger charge is 2.21. The lowest BCUT2D eigenvalue weighted by atomic mass is 9.93. The summed E-state index contributed by atoms with van der Waals surface area (Å²) in [5, 5.41) is 2.66. The average molecular weight is 300 g/mol. The zero-order valence-corrected chi connectivity index (χ0v) is 12.2. The molecule has 2 N–H and O–H groups in total. The van der Waals surface area contributed by atoms with Crippen LogP contribution in [0.15, 0.2) is 27.6 Å². The molecule has 0 saturated heterocycles. The largest absolute Gasteiger partial charge is 0.469 e. The van der Waals surface area contributed by atoms with Crippen LogP contribution in [0.1, 0.15) is 50.6 Å². The Balaban J connectivity index is 1.81. The van der Waals surface area contributed by atoms with Crippen molar-refractivity contribution < 1.29 is 14.0 Å². The first-order chi connectivity index (χ1) is 10.5. The summed E-state index contributed by atoms with van der Waals surface area (Å²) in [7, 11) is 0. The first-order valence-electron chi connectivity index (χ1n) is 7.16. The van der Waals surface area contributed by atoms with Gasteiger partial charge >= 0.3 is 0 Å². The number of aromatic amines is 1. The zero-order valence-electron chi connectivity index (χ0n) is 12.2. The molecule has 2 aromatic heterocycles. The van der Waals surface area contributed by atoms with Gasteiger partial charge in [0, 0.05) is 29.8 Å². The van der Waals surface area contributed by atoms with Crippen LogP contribution in [0.2, 0.25) is 0 Å². The number of H-pyrrole nitrogens is 1. The van der Waals surface area contributed by atoms with E-state index < -0.39 is 11.5 Å². The van der Waals surface area contributed by atoms with Crippen molar-refractivity contribution in [1.82, 2.24) is 10.3 Å². The van der Waals surface area contributed by atoms with Gasteiger partial charge in [0.15, 0.2) is 5.78 Å². The first-order valence-corrected chi connectivity index (χ1v) is 7.16. The number of hydrogen-bond donors (Lipinski definition) is 2. The second kappa shape index (κ2) is 5.63. The number of fused-ring (bicyclic) bond motifs is 1. The molecule has 0 aliphatic heterocycles.